The van der Waals surface area contributed by atoms with Crippen LogP contribution in [-0.2, 0) is 16.7 Å². The van der Waals surface area contributed by atoms with E-state index >= 15 is 0 Å². The van der Waals surface area contributed by atoms with E-state index < -0.39 is 17.7 Å². The third-order valence-electron chi connectivity index (χ3n) is 4.69. The van der Waals surface area contributed by atoms with Crippen LogP contribution >= 0.6 is 23.1 Å². The van der Waals surface area contributed by atoms with Crippen LogP contribution in [0.25, 0.3) is 16.6 Å². The van der Waals surface area contributed by atoms with Crippen LogP contribution < -0.4 is 4.74 Å². The third kappa shape index (κ3) is 4.77. The highest BCUT2D eigenvalue weighted by Gasteiger charge is 2.30. The van der Waals surface area contributed by atoms with Crippen molar-refractivity contribution in [2.24, 2.45) is 0 Å². The Morgan fingerprint density at radius 1 is 1.23 bits per heavy atom. The van der Waals surface area contributed by atoms with Crippen LogP contribution in [0.3, 0.4) is 0 Å². The van der Waals surface area contributed by atoms with Crippen LogP contribution in [-0.4, -0.2) is 22.7 Å². The minimum absolute atomic E-state index is 0.0433. The van der Waals surface area contributed by atoms with Gasteiger partial charge in [-0.05, 0) is 43.3 Å². The number of thioether (sulfide) groups is 1. The molecule has 2 aromatic carbocycles. The van der Waals surface area contributed by atoms with Gasteiger partial charge in [0.25, 0.3) is 0 Å². The van der Waals surface area contributed by atoms with Crippen molar-refractivity contribution in [1.82, 2.24) is 4.98 Å². The van der Waals surface area contributed by atoms with Gasteiger partial charge in [-0.25, -0.2) is 9.78 Å². The zero-order valence-corrected chi connectivity index (χ0v) is 17.8. The number of benzene rings is 2. The van der Waals surface area contributed by atoms with E-state index in [0.29, 0.717) is 22.1 Å². The van der Waals surface area contributed by atoms with Gasteiger partial charge in [-0.15, -0.1) is 23.1 Å². The maximum absolute atomic E-state index is 12.8. The lowest BCUT2D eigenvalue weighted by Crippen LogP contribution is -2.14. The van der Waals surface area contributed by atoms with Gasteiger partial charge in [0, 0.05) is 26.7 Å². The number of nitrogens with zero attached hydrogens (tertiary/aromatic N) is 1. The SMILES string of the molecule is Cc1nc(-c2ccc(C(F)(F)F)cc2)sc1CSc1ccc2c(c1)C=C(C(=O)O)CO2. The molecular formula is C22H16F3NO3S2. The van der Waals surface area contributed by atoms with E-state index in [1.807, 2.05) is 25.1 Å². The molecule has 0 aliphatic carbocycles. The number of aryl methyl sites for hydroxylation is 1. The number of ether oxygens (including phenoxy) is 1. The summed E-state index contributed by atoms with van der Waals surface area (Å²) in [5, 5.41) is 9.83. The molecule has 0 fully saturated rings. The van der Waals surface area contributed by atoms with Crippen molar-refractivity contribution >= 4 is 35.1 Å². The first-order valence-corrected chi connectivity index (χ1v) is 11.0. The maximum atomic E-state index is 12.8. The summed E-state index contributed by atoms with van der Waals surface area (Å²) in [7, 11) is 0. The van der Waals surface area contributed by atoms with Crippen LogP contribution in [0.1, 0.15) is 21.7 Å². The summed E-state index contributed by atoms with van der Waals surface area (Å²) >= 11 is 3.02. The summed E-state index contributed by atoms with van der Waals surface area (Å²) in [5.74, 6) is 0.284. The van der Waals surface area contributed by atoms with E-state index in [1.165, 1.54) is 23.5 Å². The molecule has 1 aliphatic rings. The second kappa shape index (κ2) is 8.39. The van der Waals surface area contributed by atoms with Crippen LogP contribution in [0.2, 0.25) is 0 Å². The Morgan fingerprint density at radius 3 is 2.65 bits per heavy atom. The summed E-state index contributed by atoms with van der Waals surface area (Å²) in [6, 6.07) is 10.6. The normalized spacial score (nSPS) is 13.4. The molecule has 160 valence electrons. The van der Waals surface area contributed by atoms with Gasteiger partial charge in [0.1, 0.15) is 17.4 Å². The minimum Gasteiger partial charge on any atom is -0.488 e. The summed E-state index contributed by atoms with van der Waals surface area (Å²) in [6.45, 7) is 1.92. The zero-order chi connectivity index (χ0) is 22.2. The topological polar surface area (TPSA) is 59.4 Å². The Bertz CT molecular complexity index is 1170. The average molecular weight is 464 g/mol. The van der Waals surface area contributed by atoms with Crippen molar-refractivity contribution in [1.29, 1.82) is 0 Å². The number of thiazole rings is 1. The van der Waals surface area contributed by atoms with Crippen LogP contribution in [0.5, 0.6) is 5.75 Å². The third-order valence-corrected chi connectivity index (χ3v) is 7.10. The molecule has 3 aromatic rings. The van der Waals surface area contributed by atoms with Crippen molar-refractivity contribution in [2.45, 2.75) is 23.7 Å². The number of halogens is 3. The fourth-order valence-corrected chi connectivity index (χ4v) is 5.16. The number of carbonyl (C=O) groups is 1. The van der Waals surface area contributed by atoms with Gasteiger partial charge in [0.05, 0.1) is 16.8 Å². The van der Waals surface area contributed by atoms with Crippen molar-refractivity contribution in [3.8, 4) is 16.3 Å². The lowest BCUT2D eigenvalue weighted by Gasteiger charge is -2.16. The number of alkyl halides is 3. The predicted molar refractivity (Wildman–Crippen MR) is 114 cm³/mol. The van der Waals surface area contributed by atoms with Gasteiger partial charge < -0.3 is 9.84 Å². The molecule has 0 atom stereocenters. The molecule has 1 N–H and O–H groups in total. The molecule has 2 heterocycles. The number of aliphatic carboxylic acids is 1. The molecule has 0 saturated heterocycles. The van der Waals surface area contributed by atoms with Crippen LogP contribution in [0, 0.1) is 6.92 Å². The van der Waals surface area contributed by atoms with E-state index in [-0.39, 0.29) is 12.2 Å². The number of carboxylic acid groups (broad SMARTS) is 1. The number of aromatic nitrogens is 1. The lowest BCUT2D eigenvalue weighted by atomic mass is 10.1. The molecular weight excluding hydrogens is 447 g/mol. The first-order valence-electron chi connectivity index (χ1n) is 9.18. The number of fused-ring (bicyclic) bond motifs is 1. The van der Waals surface area contributed by atoms with Gasteiger partial charge in [-0.1, -0.05) is 12.1 Å². The van der Waals surface area contributed by atoms with E-state index in [4.69, 9.17) is 9.84 Å². The fourth-order valence-electron chi connectivity index (χ4n) is 3.01. The molecule has 1 aliphatic heterocycles. The van der Waals surface area contributed by atoms with Gasteiger partial charge in [-0.3, -0.25) is 0 Å². The lowest BCUT2D eigenvalue weighted by molar-refractivity contribution is -0.137. The number of rotatable bonds is 5. The van der Waals surface area contributed by atoms with Crippen LogP contribution in [0.15, 0.2) is 52.9 Å². The van der Waals surface area contributed by atoms with Gasteiger partial charge in [-0.2, -0.15) is 13.2 Å². The largest absolute Gasteiger partial charge is 0.488 e. The molecule has 31 heavy (non-hydrogen) atoms. The second-order valence-electron chi connectivity index (χ2n) is 6.85. The highest BCUT2D eigenvalue weighted by molar-refractivity contribution is 7.98. The predicted octanol–water partition coefficient (Wildman–Crippen LogP) is 6.29. The molecule has 0 bridgehead atoms. The molecule has 0 saturated carbocycles. The Kier molecular flexibility index (Phi) is 5.81. The Balaban J connectivity index is 1.49. The van der Waals surface area contributed by atoms with E-state index in [2.05, 4.69) is 4.98 Å². The highest BCUT2D eigenvalue weighted by Crippen LogP contribution is 2.36. The van der Waals surface area contributed by atoms with Crippen molar-refractivity contribution in [2.75, 3.05) is 6.61 Å². The summed E-state index contributed by atoms with van der Waals surface area (Å²) in [5.41, 5.74) is 1.72. The minimum atomic E-state index is -4.36. The number of hydrogen-bond donors (Lipinski definition) is 1. The molecule has 0 amide bonds. The van der Waals surface area contributed by atoms with Crippen molar-refractivity contribution in [3.05, 3.63) is 69.7 Å². The van der Waals surface area contributed by atoms with E-state index in [1.54, 1.807) is 17.8 Å². The Labute approximate surface area is 184 Å². The summed E-state index contributed by atoms with van der Waals surface area (Å²) in [6.07, 6.45) is -2.74. The van der Waals surface area contributed by atoms with Gasteiger partial charge in [0.15, 0.2) is 0 Å². The molecule has 0 spiro atoms. The van der Waals surface area contributed by atoms with E-state index in [9.17, 15) is 18.0 Å². The summed E-state index contributed by atoms with van der Waals surface area (Å²) in [4.78, 5) is 17.7. The van der Waals surface area contributed by atoms with Crippen molar-refractivity contribution in [3.63, 3.8) is 0 Å². The average Bonchev–Trinajstić information content (AvgIpc) is 3.11. The molecule has 0 unspecified atom stereocenters. The first-order chi connectivity index (χ1) is 14.7. The molecule has 1 aromatic heterocycles. The molecule has 4 rings (SSSR count). The van der Waals surface area contributed by atoms with Gasteiger partial charge >= 0.3 is 12.1 Å². The zero-order valence-electron chi connectivity index (χ0n) is 16.2. The summed E-state index contributed by atoms with van der Waals surface area (Å²) < 4.78 is 43.8. The van der Waals surface area contributed by atoms with E-state index in [0.717, 1.165) is 33.2 Å². The molecule has 0 radical (unpaired) electrons. The van der Waals surface area contributed by atoms with Gasteiger partial charge in [0.2, 0.25) is 0 Å². The quantitative estimate of drug-likeness (QED) is 0.451. The fraction of sp³-hybridized carbons (Fsp3) is 0.182. The first kappa shape index (κ1) is 21.5. The standard InChI is InChI=1S/C22H16F3NO3S2/c1-12-19(31-20(26-12)13-2-4-16(5-3-13)22(23,24)25)11-30-17-6-7-18-14(9-17)8-15(10-29-18)21(27)28/h2-9H,10-11H2,1H3,(H,27,28). The second-order valence-corrected chi connectivity index (χ2v) is 8.99. The Hall–Kier alpha value is -2.78. The highest BCUT2D eigenvalue weighted by atomic mass is 32.2. The smallest absolute Gasteiger partial charge is 0.416 e. The molecule has 9 heteroatoms. The van der Waals surface area contributed by atoms with Crippen LogP contribution in [0.4, 0.5) is 13.2 Å². The monoisotopic (exact) mass is 463 g/mol. The number of carboxylic acids is 1. The van der Waals surface area contributed by atoms with Crippen molar-refractivity contribution < 1.29 is 27.8 Å². The number of hydrogen-bond acceptors (Lipinski definition) is 5. The Morgan fingerprint density at radius 2 is 1.97 bits per heavy atom. The maximum Gasteiger partial charge on any atom is 0.416 e. The molecule has 4 nitrogen and oxygen atoms in total.